The van der Waals surface area contributed by atoms with Crippen LogP contribution >= 0.6 is 0 Å². The van der Waals surface area contributed by atoms with E-state index in [-0.39, 0.29) is 17.1 Å². The number of rotatable bonds is 0. The van der Waals surface area contributed by atoms with Gasteiger partial charge in [-0.2, -0.15) is 5.10 Å². The summed E-state index contributed by atoms with van der Waals surface area (Å²) in [6, 6.07) is 1.83. The van der Waals surface area contributed by atoms with Crippen molar-refractivity contribution in [3.05, 3.63) is 18.5 Å². The fraction of sp³-hybridized carbons (Fsp3) is 0. The van der Waals surface area contributed by atoms with Gasteiger partial charge >= 0.3 is 17.1 Å². The molecule has 7 heteroatoms. The predicted molar refractivity (Wildman–Crippen MR) is 24.3 cm³/mol. The summed E-state index contributed by atoms with van der Waals surface area (Å²) in [5.74, 6) is 0. The van der Waals surface area contributed by atoms with Crippen LogP contribution in [0.2, 0.25) is 0 Å². The minimum atomic E-state index is -2.92. The molecule has 1 heterocycles. The van der Waals surface area contributed by atoms with E-state index in [0.717, 1.165) is 0 Å². The van der Waals surface area contributed by atoms with E-state index in [2.05, 4.69) is 10.2 Å². The molecule has 1 N–H and O–H groups in total. The summed E-state index contributed by atoms with van der Waals surface area (Å²) >= 11 is 0. The van der Waals surface area contributed by atoms with Crippen LogP contribution in [0.15, 0.2) is 18.5 Å². The van der Waals surface area contributed by atoms with Crippen molar-refractivity contribution in [2.45, 2.75) is 0 Å². The summed E-state index contributed by atoms with van der Waals surface area (Å²) in [6.45, 7) is 0. The number of hydrogen-bond acceptors (Lipinski definition) is 4. The standard InChI is InChI=1S/C3H4N2.BO3.Mn/c1-2-4-5-3-1;2-1(3)4;/h1-3H,(H,4,5);;/q;-3;+3. The van der Waals surface area contributed by atoms with E-state index in [1.165, 1.54) is 0 Å². The summed E-state index contributed by atoms with van der Waals surface area (Å²) in [7, 11) is -2.92. The minimum absolute atomic E-state index is 0. The molecule has 0 radical (unpaired) electrons. The van der Waals surface area contributed by atoms with Gasteiger partial charge in [-0.05, 0) is 6.07 Å². The van der Waals surface area contributed by atoms with Crippen LogP contribution in [0.5, 0.6) is 0 Å². The smallest absolute Gasteiger partial charge is 0.907 e. The Bertz CT molecular complexity index is 105. The van der Waals surface area contributed by atoms with Gasteiger partial charge in [0.1, 0.15) is 0 Å². The Morgan fingerprint density at radius 2 is 1.80 bits per heavy atom. The largest absolute Gasteiger partial charge is 3.00 e. The second kappa shape index (κ2) is 8.67. The first kappa shape index (κ1) is 12.4. The third-order valence-corrected chi connectivity index (χ3v) is 0.406. The van der Waals surface area contributed by atoms with Gasteiger partial charge in [0, 0.05) is 12.4 Å². The van der Waals surface area contributed by atoms with Gasteiger partial charge in [-0.25, -0.2) is 0 Å². The molecule has 0 aliphatic carbocycles. The third kappa shape index (κ3) is 15.6. The first-order chi connectivity index (χ1) is 4.23. The van der Waals surface area contributed by atoms with Gasteiger partial charge in [0.05, 0.1) is 0 Å². The van der Waals surface area contributed by atoms with Crippen molar-refractivity contribution in [1.29, 1.82) is 0 Å². The summed E-state index contributed by atoms with van der Waals surface area (Å²) in [5.41, 5.74) is 0. The summed E-state index contributed by atoms with van der Waals surface area (Å²) in [6.07, 6.45) is 3.46. The maximum atomic E-state index is 8.42. The number of nitrogens with zero attached hydrogens (tertiary/aromatic N) is 1. The average Bonchev–Trinajstić information content (AvgIpc) is 2.11. The molecule has 0 saturated carbocycles. The van der Waals surface area contributed by atoms with Crippen molar-refractivity contribution in [2.75, 3.05) is 0 Å². The fourth-order valence-corrected chi connectivity index (χ4v) is 0.215. The van der Waals surface area contributed by atoms with Crippen molar-refractivity contribution < 1.29 is 32.1 Å². The predicted octanol–water partition coefficient (Wildman–Crippen LogP) is -3.54. The molecule has 1 aromatic heterocycles. The van der Waals surface area contributed by atoms with E-state index in [1.54, 1.807) is 12.4 Å². The molecule has 0 fully saturated rings. The molecular weight excluding hydrogens is 178 g/mol. The second-order valence-electron chi connectivity index (χ2n) is 1.06. The first-order valence-corrected chi connectivity index (χ1v) is 2.14. The third-order valence-electron chi connectivity index (χ3n) is 0.406. The van der Waals surface area contributed by atoms with Crippen molar-refractivity contribution >= 4 is 7.32 Å². The van der Waals surface area contributed by atoms with Gasteiger partial charge in [-0.3, -0.25) is 12.4 Å². The number of hydrogen-bond donors (Lipinski definition) is 1. The van der Waals surface area contributed by atoms with Crippen molar-refractivity contribution in [3.8, 4) is 0 Å². The van der Waals surface area contributed by atoms with Crippen molar-refractivity contribution in [1.82, 2.24) is 10.2 Å². The molecule has 0 saturated heterocycles. The molecule has 0 aliphatic heterocycles. The molecule has 0 bridgehead atoms. The van der Waals surface area contributed by atoms with E-state index < -0.39 is 7.32 Å². The zero-order chi connectivity index (χ0) is 7.11. The molecule has 54 valence electrons. The minimum Gasteiger partial charge on any atom is -0.907 e. The summed E-state index contributed by atoms with van der Waals surface area (Å²) in [5, 5.41) is 31.5. The number of H-pyrrole nitrogens is 1. The Kier molecular flexibility index (Phi) is 10.7. The van der Waals surface area contributed by atoms with E-state index >= 15 is 0 Å². The Labute approximate surface area is 68.7 Å². The summed E-state index contributed by atoms with van der Waals surface area (Å²) in [4.78, 5) is 0. The molecule has 5 nitrogen and oxygen atoms in total. The van der Waals surface area contributed by atoms with Gasteiger partial charge in [0.2, 0.25) is 0 Å². The summed E-state index contributed by atoms with van der Waals surface area (Å²) < 4.78 is 0. The van der Waals surface area contributed by atoms with Gasteiger partial charge in [-0.15, -0.1) is 0 Å². The Balaban J connectivity index is 0. The quantitative estimate of drug-likeness (QED) is 0.420. The SMILES string of the molecule is [Mn+3].[O-]B([O-])[O-].c1cn[nH]c1. The average molecular weight is 182 g/mol. The van der Waals surface area contributed by atoms with Crippen LogP contribution in [0.3, 0.4) is 0 Å². The van der Waals surface area contributed by atoms with Crippen molar-refractivity contribution in [3.63, 3.8) is 0 Å². The van der Waals surface area contributed by atoms with Gasteiger partial charge in [0.15, 0.2) is 0 Å². The second-order valence-corrected chi connectivity index (χ2v) is 1.06. The Morgan fingerprint density at radius 1 is 1.30 bits per heavy atom. The van der Waals surface area contributed by atoms with E-state index in [9.17, 15) is 0 Å². The molecule has 10 heavy (non-hydrogen) atoms. The number of aromatic nitrogens is 2. The molecule has 0 amide bonds. The molecule has 0 aromatic carbocycles. The zero-order valence-electron chi connectivity index (χ0n) is 4.86. The molecule has 0 aliphatic rings. The van der Waals surface area contributed by atoms with Crippen LogP contribution in [-0.4, -0.2) is 17.5 Å². The van der Waals surface area contributed by atoms with Gasteiger partial charge in [0.25, 0.3) is 0 Å². The van der Waals surface area contributed by atoms with Crippen molar-refractivity contribution in [2.24, 2.45) is 0 Å². The molecule has 0 unspecified atom stereocenters. The maximum absolute atomic E-state index is 8.42. The topological polar surface area (TPSA) is 97.9 Å². The fourth-order valence-electron chi connectivity index (χ4n) is 0.215. The van der Waals surface area contributed by atoms with Gasteiger partial charge < -0.3 is 15.1 Å². The maximum Gasteiger partial charge on any atom is 3.00 e. The molecule has 0 spiro atoms. The Morgan fingerprint density at radius 3 is 1.90 bits per heavy atom. The van der Waals surface area contributed by atoms with Crippen LogP contribution < -0.4 is 15.1 Å². The molecular formula is C3H4BMnN2O3. The van der Waals surface area contributed by atoms with E-state index in [4.69, 9.17) is 15.1 Å². The van der Waals surface area contributed by atoms with Crippen LogP contribution in [0, 0.1) is 0 Å². The zero-order valence-corrected chi connectivity index (χ0v) is 6.04. The monoisotopic (exact) mass is 182 g/mol. The number of aromatic amines is 1. The Hall–Kier alpha value is -0.326. The van der Waals surface area contributed by atoms with E-state index in [0.29, 0.717) is 0 Å². The molecule has 1 rings (SSSR count). The van der Waals surface area contributed by atoms with E-state index in [1.807, 2.05) is 6.07 Å². The van der Waals surface area contributed by atoms with Crippen LogP contribution in [0.4, 0.5) is 0 Å². The van der Waals surface area contributed by atoms with Crippen LogP contribution in [0.1, 0.15) is 0 Å². The van der Waals surface area contributed by atoms with Gasteiger partial charge in [-0.1, -0.05) is 0 Å². The number of nitrogens with one attached hydrogen (secondary N) is 1. The van der Waals surface area contributed by atoms with Crippen LogP contribution in [-0.2, 0) is 17.1 Å². The molecule has 1 aromatic rings. The van der Waals surface area contributed by atoms with Crippen LogP contribution in [0.25, 0.3) is 0 Å². The first-order valence-electron chi connectivity index (χ1n) is 2.14. The molecule has 0 atom stereocenters. The normalized spacial score (nSPS) is 6.70.